The zero-order valence-corrected chi connectivity index (χ0v) is 16.2. The summed E-state index contributed by atoms with van der Waals surface area (Å²) in [7, 11) is 0. The number of aryl methyl sites for hydroxylation is 1. The van der Waals surface area contributed by atoms with E-state index in [2.05, 4.69) is 15.3 Å². The normalized spacial score (nSPS) is 14.9. The highest BCUT2D eigenvalue weighted by Gasteiger charge is 2.19. The first-order valence-electron chi connectivity index (χ1n) is 9.06. The van der Waals surface area contributed by atoms with Gasteiger partial charge in [0, 0.05) is 19.2 Å². The Morgan fingerprint density at radius 3 is 2.82 bits per heavy atom. The molecule has 1 aliphatic rings. The summed E-state index contributed by atoms with van der Waals surface area (Å²) in [5, 5.41) is 5.77. The first kappa shape index (κ1) is 18.6. The molecule has 0 atom stereocenters. The summed E-state index contributed by atoms with van der Waals surface area (Å²) in [4.78, 5) is 27.3. The Labute approximate surface area is 165 Å². The molecule has 0 unspecified atom stereocenters. The molecule has 7 nitrogen and oxygen atoms in total. The number of nitrogens with two attached hydrogens (primary N) is 1. The van der Waals surface area contributed by atoms with E-state index in [1.807, 2.05) is 12.0 Å². The second-order valence-electron chi connectivity index (χ2n) is 6.67. The predicted molar refractivity (Wildman–Crippen MR) is 106 cm³/mol. The minimum absolute atomic E-state index is 0.381. The maximum atomic E-state index is 13.8. The number of carbonyl (C=O) groups is 1. The number of thiophene rings is 1. The number of fused-ring (bicyclic) bond motifs is 1. The molecule has 9 heteroatoms. The lowest BCUT2D eigenvalue weighted by Gasteiger charge is -2.27. The van der Waals surface area contributed by atoms with E-state index in [-0.39, 0.29) is 5.82 Å². The van der Waals surface area contributed by atoms with Gasteiger partial charge in [-0.05, 0) is 37.5 Å². The van der Waals surface area contributed by atoms with Crippen LogP contribution in [0.5, 0.6) is 5.75 Å². The number of anilines is 2. The van der Waals surface area contributed by atoms with Crippen LogP contribution in [-0.4, -0.2) is 34.0 Å². The van der Waals surface area contributed by atoms with E-state index >= 15 is 0 Å². The van der Waals surface area contributed by atoms with Gasteiger partial charge in [-0.3, -0.25) is 4.79 Å². The standard InChI is InChI=1S/C19H20FN5O2S/c1-11-15-18(22-10-23-19(15)28-16(11)17(21)26)24-13-6-5-12(20)9-14(13)27-25-7-3-2-4-8-25/h5-6,9-10H,2-4,7-8H2,1H3,(H2,21,26)(H,22,23,24). The number of hydroxylamine groups is 2. The average molecular weight is 401 g/mol. The van der Waals surface area contributed by atoms with E-state index < -0.39 is 5.91 Å². The molecule has 0 aliphatic carbocycles. The molecule has 0 radical (unpaired) electrons. The van der Waals surface area contributed by atoms with Gasteiger partial charge in [0.25, 0.3) is 5.91 Å². The van der Waals surface area contributed by atoms with Crippen LogP contribution in [0.4, 0.5) is 15.9 Å². The molecule has 3 aromatic rings. The third-order valence-corrected chi connectivity index (χ3v) is 5.90. The summed E-state index contributed by atoms with van der Waals surface area (Å²) < 4.78 is 13.8. The highest BCUT2D eigenvalue weighted by atomic mass is 32.1. The Morgan fingerprint density at radius 2 is 2.07 bits per heavy atom. The van der Waals surface area contributed by atoms with Crippen molar-refractivity contribution in [2.75, 3.05) is 18.4 Å². The summed E-state index contributed by atoms with van der Waals surface area (Å²) in [6, 6.07) is 4.32. The number of carbonyl (C=O) groups excluding carboxylic acids is 1. The smallest absolute Gasteiger partial charge is 0.259 e. The summed E-state index contributed by atoms with van der Waals surface area (Å²) in [6.45, 7) is 3.42. The molecule has 1 fully saturated rings. The number of aromatic nitrogens is 2. The van der Waals surface area contributed by atoms with Gasteiger partial charge < -0.3 is 15.9 Å². The van der Waals surface area contributed by atoms with Crippen LogP contribution in [0, 0.1) is 12.7 Å². The fraction of sp³-hybridized carbons (Fsp3) is 0.316. The molecular formula is C19H20FN5O2S. The van der Waals surface area contributed by atoms with Gasteiger partial charge in [-0.1, -0.05) is 6.42 Å². The molecule has 0 bridgehead atoms. The van der Waals surface area contributed by atoms with Crippen LogP contribution >= 0.6 is 11.3 Å². The van der Waals surface area contributed by atoms with Crippen LogP contribution in [0.15, 0.2) is 24.5 Å². The number of rotatable bonds is 5. The van der Waals surface area contributed by atoms with Gasteiger partial charge in [-0.15, -0.1) is 16.4 Å². The van der Waals surface area contributed by atoms with E-state index in [0.29, 0.717) is 27.0 Å². The van der Waals surface area contributed by atoms with Gasteiger partial charge in [-0.25, -0.2) is 14.4 Å². The van der Waals surface area contributed by atoms with Crippen LogP contribution in [0.1, 0.15) is 34.5 Å². The molecular weight excluding hydrogens is 381 g/mol. The molecule has 28 heavy (non-hydrogen) atoms. The van der Waals surface area contributed by atoms with Crippen molar-refractivity contribution in [2.45, 2.75) is 26.2 Å². The lowest BCUT2D eigenvalue weighted by atomic mass is 10.2. The number of hydrogen-bond donors (Lipinski definition) is 2. The Kier molecular flexibility index (Phi) is 5.10. The molecule has 1 saturated heterocycles. The number of halogens is 1. The molecule has 2 aromatic heterocycles. The second kappa shape index (κ2) is 7.69. The van der Waals surface area contributed by atoms with Crippen LogP contribution < -0.4 is 15.9 Å². The van der Waals surface area contributed by atoms with Gasteiger partial charge in [0.05, 0.1) is 16.0 Å². The molecule has 146 valence electrons. The van der Waals surface area contributed by atoms with E-state index in [1.54, 1.807) is 6.07 Å². The fourth-order valence-electron chi connectivity index (χ4n) is 3.30. The first-order chi connectivity index (χ1) is 13.5. The summed E-state index contributed by atoms with van der Waals surface area (Å²) >= 11 is 1.23. The number of nitrogens with one attached hydrogen (secondary N) is 1. The number of piperidine rings is 1. The summed E-state index contributed by atoms with van der Waals surface area (Å²) in [6.07, 6.45) is 4.69. The number of benzene rings is 1. The second-order valence-corrected chi connectivity index (χ2v) is 7.67. The highest BCUT2D eigenvalue weighted by molar-refractivity contribution is 7.20. The van der Waals surface area contributed by atoms with Crippen molar-refractivity contribution >= 4 is 39.0 Å². The Bertz CT molecular complexity index is 1030. The molecule has 1 aliphatic heterocycles. The summed E-state index contributed by atoms with van der Waals surface area (Å²) in [5.74, 6) is 0.0218. The lowest BCUT2D eigenvalue weighted by Crippen LogP contribution is -2.33. The van der Waals surface area contributed by atoms with Crippen molar-refractivity contribution in [1.29, 1.82) is 0 Å². The Hall–Kier alpha value is -2.78. The van der Waals surface area contributed by atoms with Crippen molar-refractivity contribution in [3.8, 4) is 5.75 Å². The number of primary amides is 1. The lowest BCUT2D eigenvalue weighted by molar-refractivity contribution is -0.0715. The molecule has 1 aromatic carbocycles. The largest absolute Gasteiger partial charge is 0.404 e. The minimum atomic E-state index is -0.498. The molecule has 3 N–H and O–H groups in total. The van der Waals surface area contributed by atoms with Gasteiger partial charge in [0.15, 0.2) is 5.75 Å². The topological polar surface area (TPSA) is 93.4 Å². The SMILES string of the molecule is Cc1c(C(N)=O)sc2ncnc(Nc3ccc(F)cc3ON3CCCCC3)c12. The zero-order valence-electron chi connectivity index (χ0n) is 15.4. The molecule has 3 heterocycles. The van der Waals surface area contributed by atoms with Gasteiger partial charge in [0.1, 0.15) is 22.8 Å². The molecule has 4 rings (SSSR count). The quantitative estimate of drug-likeness (QED) is 0.676. The molecule has 0 spiro atoms. The zero-order chi connectivity index (χ0) is 19.7. The summed E-state index contributed by atoms with van der Waals surface area (Å²) in [5.41, 5.74) is 6.76. The van der Waals surface area contributed by atoms with E-state index in [4.69, 9.17) is 10.6 Å². The maximum Gasteiger partial charge on any atom is 0.259 e. The number of amides is 1. The van der Waals surface area contributed by atoms with Crippen molar-refractivity contribution < 1.29 is 14.0 Å². The molecule has 1 amide bonds. The van der Waals surface area contributed by atoms with Crippen LogP contribution in [0.25, 0.3) is 10.2 Å². The van der Waals surface area contributed by atoms with Gasteiger partial charge in [-0.2, -0.15) is 0 Å². The predicted octanol–water partition coefficient (Wildman–Crippen LogP) is 3.76. The monoisotopic (exact) mass is 401 g/mol. The van der Waals surface area contributed by atoms with Gasteiger partial charge >= 0.3 is 0 Å². The third-order valence-electron chi connectivity index (χ3n) is 4.69. The van der Waals surface area contributed by atoms with E-state index in [9.17, 15) is 9.18 Å². The Morgan fingerprint density at radius 1 is 1.29 bits per heavy atom. The maximum absolute atomic E-state index is 13.8. The van der Waals surface area contributed by atoms with Gasteiger partial charge in [0.2, 0.25) is 0 Å². The van der Waals surface area contributed by atoms with E-state index in [0.717, 1.165) is 36.9 Å². The third kappa shape index (κ3) is 3.63. The molecule has 0 saturated carbocycles. The van der Waals surface area contributed by atoms with Crippen molar-refractivity contribution in [3.63, 3.8) is 0 Å². The van der Waals surface area contributed by atoms with Crippen LogP contribution in [-0.2, 0) is 0 Å². The van der Waals surface area contributed by atoms with Crippen LogP contribution in [0.3, 0.4) is 0 Å². The minimum Gasteiger partial charge on any atom is -0.404 e. The van der Waals surface area contributed by atoms with Crippen molar-refractivity contribution in [3.05, 3.63) is 40.8 Å². The number of hydrogen-bond acceptors (Lipinski definition) is 7. The number of nitrogens with zero attached hydrogens (tertiary/aromatic N) is 3. The van der Waals surface area contributed by atoms with Crippen LogP contribution in [0.2, 0.25) is 0 Å². The average Bonchev–Trinajstić information content (AvgIpc) is 3.03. The highest BCUT2D eigenvalue weighted by Crippen LogP contribution is 2.36. The van der Waals surface area contributed by atoms with E-state index in [1.165, 1.54) is 36.2 Å². The van der Waals surface area contributed by atoms with Crippen molar-refractivity contribution in [2.24, 2.45) is 5.73 Å². The Balaban J connectivity index is 1.70. The first-order valence-corrected chi connectivity index (χ1v) is 9.88. The van der Waals surface area contributed by atoms with Crippen molar-refractivity contribution in [1.82, 2.24) is 15.0 Å². The fourth-order valence-corrected chi connectivity index (χ4v) is 4.30.